The number of thiophene rings is 1. The van der Waals surface area contributed by atoms with Crippen molar-refractivity contribution < 1.29 is 0 Å². The number of rotatable bonds is 2. The Hall–Kier alpha value is -1.31. The molecule has 2 heterocycles. The lowest BCUT2D eigenvalue weighted by Crippen LogP contribution is -2.00. The van der Waals surface area contributed by atoms with Crippen LogP contribution in [0.25, 0.3) is 0 Å². The maximum absolute atomic E-state index is 8.74. The molecule has 2 aromatic rings. The summed E-state index contributed by atoms with van der Waals surface area (Å²) in [5.74, 6) is 0.410. The minimum Gasteiger partial charge on any atom is -0.318 e. The highest BCUT2D eigenvalue weighted by Crippen LogP contribution is 2.21. The fraction of sp³-hybridized carbons (Fsp3) is 0.111. The molecule has 0 bridgehead atoms. The van der Waals surface area contributed by atoms with Gasteiger partial charge in [-0.3, -0.25) is 0 Å². The summed E-state index contributed by atoms with van der Waals surface area (Å²) in [5, 5.41) is 13.3. The number of hydrogen-bond acceptors (Lipinski definition) is 3. The van der Waals surface area contributed by atoms with E-state index in [0.717, 1.165) is 10.6 Å². The van der Waals surface area contributed by atoms with Gasteiger partial charge in [-0.05, 0) is 5.38 Å². The van der Waals surface area contributed by atoms with Crippen LogP contribution in [0.5, 0.6) is 0 Å². The van der Waals surface area contributed by atoms with Crippen molar-refractivity contribution in [1.82, 2.24) is 9.55 Å². The molecule has 0 saturated heterocycles. The third kappa shape index (κ3) is 1.65. The zero-order valence-corrected chi connectivity index (χ0v) is 8.72. The average molecular weight is 224 g/mol. The molecular weight excluding hydrogens is 218 g/mol. The minimum atomic E-state index is 0.410. The molecule has 0 aliphatic carbocycles. The third-order valence-corrected chi connectivity index (χ3v) is 3.12. The quantitative estimate of drug-likeness (QED) is 0.785. The van der Waals surface area contributed by atoms with Gasteiger partial charge >= 0.3 is 0 Å². The molecule has 0 unspecified atom stereocenters. The highest BCUT2D eigenvalue weighted by molar-refractivity contribution is 7.08. The van der Waals surface area contributed by atoms with E-state index in [0.29, 0.717) is 12.4 Å². The molecule has 0 fully saturated rings. The van der Waals surface area contributed by atoms with Gasteiger partial charge in [0.05, 0.1) is 11.6 Å². The molecule has 0 atom stereocenters. The number of hydrogen-bond donors (Lipinski definition) is 0. The van der Waals surface area contributed by atoms with Gasteiger partial charge < -0.3 is 4.57 Å². The van der Waals surface area contributed by atoms with Crippen LogP contribution in [0.3, 0.4) is 0 Å². The SMILES string of the molecule is N#Cc1nccn1Cc1cscc1Cl. The first-order valence-electron chi connectivity index (χ1n) is 3.93. The number of nitriles is 1. The molecular formula is C9H6ClN3S. The van der Waals surface area contributed by atoms with E-state index in [1.807, 2.05) is 16.8 Å². The Morgan fingerprint density at radius 3 is 3.07 bits per heavy atom. The molecule has 0 saturated carbocycles. The van der Waals surface area contributed by atoms with E-state index in [-0.39, 0.29) is 0 Å². The molecule has 0 radical (unpaired) electrons. The van der Waals surface area contributed by atoms with Gasteiger partial charge in [0.25, 0.3) is 0 Å². The Morgan fingerprint density at radius 2 is 2.43 bits per heavy atom. The Labute approximate surface area is 90.2 Å². The molecule has 0 aliphatic rings. The number of nitrogens with zero attached hydrogens (tertiary/aromatic N) is 3. The second kappa shape index (κ2) is 3.82. The Balaban J connectivity index is 2.28. The van der Waals surface area contributed by atoms with Crippen molar-refractivity contribution in [1.29, 1.82) is 5.26 Å². The van der Waals surface area contributed by atoms with Crippen molar-refractivity contribution in [2.75, 3.05) is 0 Å². The van der Waals surface area contributed by atoms with E-state index >= 15 is 0 Å². The molecule has 70 valence electrons. The monoisotopic (exact) mass is 223 g/mol. The number of aromatic nitrogens is 2. The predicted molar refractivity (Wildman–Crippen MR) is 55.4 cm³/mol. The molecule has 0 aliphatic heterocycles. The summed E-state index contributed by atoms with van der Waals surface area (Å²) in [4.78, 5) is 3.91. The van der Waals surface area contributed by atoms with Crippen molar-refractivity contribution in [2.45, 2.75) is 6.54 Å². The van der Waals surface area contributed by atoms with Crippen LogP contribution in [0.15, 0.2) is 23.2 Å². The minimum absolute atomic E-state index is 0.410. The summed E-state index contributed by atoms with van der Waals surface area (Å²) in [6, 6.07) is 2.02. The van der Waals surface area contributed by atoms with Crippen molar-refractivity contribution in [3.63, 3.8) is 0 Å². The molecule has 2 aromatic heterocycles. The van der Waals surface area contributed by atoms with Crippen molar-refractivity contribution in [3.8, 4) is 6.07 Å². The van der Waals surface area contributed by atoms with E-state index in [4.69, 9.17) is 16.9 Å². The third-order valence-electron chi connectivity index (χ3n) is 1.84. The van der Waals surface area contributed by atoms with Crippen LogP contribution in [0, 0.1) is 11.3 Å². The maximum atomic E-state index is 8.74. The molecule has 0 N–H and O–H groups in total. The molecule has 0 aromatic carbocycles. The maximum Gasteiger partial charge on any atom is 0.213 e. The lowest BCUT2D eigenvalue weighted by Gasteiger charge is -2.01. The van der Waals surface area contributed by atoms with Gasteiger partial charge in [0.2, 0.25) is 5.82 Å². The molecule has 0 amide bonds. The highest BCUT2D eigenvalue weighted by Gasteiger charge is 2.05. The lowest BCUT2D eigenvalue weighted by molar-refractivity contribution is 0.785. The fourth-order valence-corrected chi connectivity index (χ4v) is 2.19. The molecule has 0 spiro atoms. The summed E-state index contributed by atoms with van der Waals surface area (Å²) < 4.78 is 1.77. The Morgan fingerprint density at radius 1 is 1.57 bits per heavy atom. The first-order valence-corrected chi connectivity index (χ1v) is 5.25. The summed E-state index contributed by atoms with van der Waals surface area (Å²) in [6.07, 6.45) is 3.38. The second-order valence-corrected chi connectivity index (χ2v) is 3.89. The van der Waals surface area contributed by atoms with Crippen LogP contribution in [-0.2, 0) is 6.54 Å². The van der Waals surface area contributed by atoms with Crippen LogP contribution in [0.4, 0.5) is 0 Å². The van der Waals surface area contributed by atoms with Gasteiger partial charge in [-0.15, -0.1) is 0 Å². The standard InChI is InChI=1S/C9H6ClN3S/c10-8-6-14-5-7(8)4-13-2-1-12-9(13)3-11/h1-2,5-6H,4H2. The lowest BCUT2D eigenvalue weighted by atomic mass is 10.3. The van der Waals surface area contributed by atoms with Gasteiger partial charge in [-0.25, -0.2) is 4.98 Å². The fourth-order valence-electron chi connectivity index (χ4n) is 1.15. The first kappa shape index (κ1) is 9.25. The van der Waals surface area contributed by atoms with Gasteiger partial charge in [0.1, 0.15) is 6.07 Å². The van der Waals surface area contributed by atoms with Crippen LogP contribution >= 0.6 is 22.9 Å². The average Bonchev–Trinajstić information content (AvgIpc) is 2.77. The summed E-state index contributed by atoms with van der Waals surface area (Å²) in [6.45, 7) is 0.602. The van der Waals surface area contributed by atoms with Crippen LogP contribution in [0.1, 0.15) is 11.4 Å². The zero-order chi connectivity index (χ0) is 9.97. The van der Waals surface area contributed by atoms with E-state index in [2.05, 4.69) is 4.98 Å². The zero-order valence-electron chi connectivity index (χ0n) is 7.14. The van der Waals surface area contributed by atoms with Crippen LogP contribution in [-0.4, -0.2) is 9.55 Å². The highest BCUT2D eigenvalue weighted by atomic mass is 35.5. The molecule has 5 heteroatoms. The van der Waals surface area contributed by atoms with E-state index < -0.39 is 0 Å². The summed E-state index contributed by atoms with van der Waals surface area (Å²) in [7, 11) is 0. The van der Waals surface area contributed by atoms with Gasteiger partial charge in [0, 0.05) is 23.3 Å². The van der Waals surface area contributed by atoms with Crippen LogP contribution < -0.4 is 0 Å². The normalized spacial score (nSPS) is 10.0. The number of imidazole rings is 1. The Kier molecular flexibility index (Phi) is 2.53. The van der Waals surface area contributed by atoms with E-state index in [1.165, 1.54) is 0 Å². The molecule has 3 nitrogen and oxygen atoms in total. The van der Waals surface area contributed by atoms with Crippen molar-refractivity contribution >= 4 is 22.9 Å². The number of halogens is 1. The van der Waals surface area contributed by atoms with Gasteiger partial charge in [0.15, 0.2) is 0 Å². The molecule has 2 rings (SSSR count). The van der Waals surface area contributed by atoms with Gasteiger partial charge in [-0.2, -0.15) is 16.6 Å². The molecule has 14 heavy (non-hydrogen) atoms. The van der Waals surface area contributed by atoms with Crippen molar-refractivity contribution in [2.24, 2.45) is 0 Å². The summed E-state index contributed by atoms with van der Waals surface area (Å²) >= 11 is 7.50. The largest absolute Gasteiger partial charge is 0.318 e. The second-order valence-electron chi connectivity index (χ2n) is 2.74. The van der Waals surface area contributed by atoms with E-state index in [1.54, 1.807) is 28.3 Å². The van der Waals surface area contributed by atoms with Crippen molar-refractivity contribution in [3.05, 3.63) is 39.6 Å². The first-order chi connectivity index (χ1) is 6.81. The topological polar surface area (TPSA) is 41.6 Å². The Bertz CT molecular complexity index is 480. The summed E-state index contributed by atoms with van der Waals surface area (Å²) in [5.41, 5.74) is 1.02. The smallest absolute Gasteiger partial charge is 0.213 e. The van der Waals surface area contributed by atoms with Crippen LogP contribution in [0.2, 0.25) is 5.02 Å². The van der Waals surface area contributed by atoms with E-state index in [9.17, 15) is 0 Å². The van der Waals surface area contributed by atoms with Gasteiger partial charge in [-0.1, -0.05) is 11.6 Å². The predicted octanol–water partition coefficient (Wildman–Crippen LogP) is 2.52.